The fourth-order valence-electron chi connectivity index (χ4n) is 3.69. The van der Waals surface area contributed by atoms with Crippen molar-refractivity contribution >= 4 is 28.7 Å². The molecule has 6 heteroatoms. The molecule has 0 atom stereocenters. The van der Waals surface area contributed by atoms with Gasteiger partial charge < -0.3 is 14.8 Å². The number of anilines is 1. The first-order valence-electron chi connectivity index (χ1n) is 9.81. The second-order valence-corrected chi connectivity index (χ2v) is 7.16. The Bertz CT molecular complexity index is 942. The van der Waals surface area contributed by atoms with Crippen LogP contribution in [0, 0.1) is 0 Å². The van der Waals surface area contributed by atoms with E-state index in [4.69, 9.17) is 0 Å². The highest BCUT2D eigenvalue weighted by molar-refractivity contribution is 5.99. The molecule has 1 aliphatic heterocycles. The molecule has 28 heavy (non-hydrogen) atoms. The smallest absolute Gasteiger partial charge is 0.245 e. The van der Waals surface area contributed by atoms with Crippen molar-refractivity contribution in [2.24, 2.45) is 5.10 Å². The topological polar surface area (TPSA) is 64.9 Å². The summed E-state index contributed by atoms with van der Waals surface area (Å²) in [4.78, 5) is 19.2. The zero-order valence-corrected chi connectivity index (χ0v) is 15.9. The van der Waals surface area contributed by atoms with Gasteiger partial charge in [0.05, 0.1) is 45.4 Å². The highest BCUT2D eigenvalue weighted by Crippen LogP contribution is 2.15. The largest absolute Gasteiger partial charge is 0.361 e. The number of rotatable bonds is 6. The van der Waals surface area contributed by atoms with E-state index in [1.54, 1.807) is 6.21 Å². The van der Waals surface area contributed by atoms with Crippen LogP contribution >= 0.6 is 0 Å². The lowest BCUT2D eigenvalue weighted by Gasteiger charge is -2.33. The number of piperazine rings is 1. The van der Waals surface area contributed by atoms with Crippen LogP contribution in [0.4, 0.5) is 5.69 Å². The minimum Gasteiger partial charge on any atom is -0.361 e. The van der Waals surface area contributed by atoms with Gasteiger partial charge >= 0.3 is 0 Å². The van der Waals surface area contributed by atoms with E-state index in [2.05, 4.69) is 44.7 Å². The monoisotopic (exact) mass is 376 g/mol. The van der Waals surface area contributed by atoms with Crippen LogP contribution in [0.1, 0.15) is 12.0 Å². The van der Waals surface area contributed by atoms with Gasteiger partial charge in [-0.25, -0.2) is 5.43 Å². The number of carbonyl (C=O) groups excluding carboxylic acids is 1. The minimum atomic E-state index is -0.0333. The fourth-order valence-corrected chi connectivity index (χ4v) is 3.69. The van der Waals surface area contributed by atoms with E-state index in [-0.39, 0.29) is 5.91 Å². The quantitative estimate of drug-likeness (QED) is 0.450. The summed E-state index contributed by atoms with van der Waals surface area (Å²) < 4.78 is 0. The van der Waals surface area contributed by atoms with Crippen molar-refractivity contribution in [3.63, 3.8) is 0 Å². The Labute approximate surface area is 164 Å². The highest BCUT2D eigenvalue weighted by atomic mass is 16.2. The predicted octanol–water partition coefficient (Wildman–Crippen LogP) is 1.41. The summed E-state index contributed by atoms with van der Waals surface area (Å²) in [6.07, 6.45) is 4.09. The van der Waals surface area contributed by atoms with Gasteiger partial charge in [-0.05, 0) is 18.2 Å². The molecule has 3 aromatic rings. The molecule has 1 amide bonds. The zero-order valence-electron chi connectivity index (χ0n) is 15.9. The standard InChI is InChI=1S/C22H25N5O/c28-22(25-24-17-18-16-23-21-9-5-4-8-20(18)21)10-11-26-12-14-27(15-13-26)19-6-2-1-3-7-19/h1-9,16-17,23H,10-15H2,(H,25,28)/p+1/b24-17+. The molecule has 0 bridgehead atoms. The molecular formula is C22H26N5O+. The molecule has 4 rings (SSSR count). The Morgan fingerprint density at radius 3 is 2.68 bits per heavy atom. The van der Waals surface area contributed by atoms with Gasteiger partial charge in [-0.15, -0.1) is 0 Å². The van der Waals surface area contributed by atoms with Crippen LogP contribution < -0.4 is 15.2 Å². The zero-order chi connectivity index (χ0) is 19.2. The third-order valence-corrected chi connectivity index (χ3v) is 5.31. The molecule has 0 aliphatic carbocycles. The van der Waals surface area contributed by atoms with Crippen LogP contribution in [0.15, 0.2) is 65.9 Å². The summed E-state index contributed by atoms with van der Waals surface area (Å²) in [5.74, 6) is -0.0333. The lowest BCUT2D eigenvalue weighted by molar-refractivity contribution is -0.900. The molecule has 2 heterocycles. The normalized spacial score (nSPS) is 15.4. The number of carbonyl (C=O) groups is 1. The Morgan fingerprint density at radius 2 is 1.86 bits per heavy atom. The number of quaternary nitrogens is 1. The third kappa shape index (κ3) is 4.40. The Hall–Kier alpha value is -3.12. The van der Waals surface area contributed by atoms with E-state index in [0.29, 0.717) is 6.42 Å². The van der Waals surface area contributed by atoms with E-state index in [1.165, 1.54) is 10.6 Å². The summed E-state index contributed by atoms with van der Waals surface area (Å²) in [5.41, 5.74) is 5.97. The van der Waals surface area contributed by atoms with Crippen LogP contribution in [-0.4, -0.2) is 49.8 Å². The van der Waals surface area contributed by atoms with Gasteiger partial charge in [0.2, 0.25) is 5.91 Å². The summed E-state index contributed by atoms with van der Waals surface area (Å²) in [7, 11) is 0. The molecule has 1 fully saturated rings. The van der Waals surface area contributed by atoms with E-state index in [9.17, 15) is 4.79 Å². The number of amides is 1. The molecule has 0 spiro atoms. The summed E-state index contributed by atoms with van der Waals surface area (Å²) in [6, 6.07) is 18.6. The average molecular weight is 376 g/mol. The molecule has 0 saturated carbocycles. The first-order valence-corrected chi connectivity index (χ1v) is 9.81. The maximum Gasteiger partial charge on any atom is 0.245 e. The van der Waals surface area contributed by atoms with Crippen LogP contribution in [0.5, 0.6) is 0 Å². The van der Waals surface area contributed by atoms with Gasteiger partial charge in [-0.1, -0.05) is 36.4 Å². The van der Waals surface area contributed by atoms with E-state index >= 15 is 0 Å². The van der Waals surface area contributed by atoms with Crippen molar-refractivity contribution in [3.05, 3.63) is 66.4 Å². The van der Waals surface area contributed by atoms with E-state index < -0.39 is 0 Å². The van der Waals surface area contributed by atoms with Crippen LogP contribution in [-0.2, 0) is 4.79 Å². The van der Waals surface area contributed by atoms with Gasteiger partial charge in [-0.3, -0.25) is 4.79 Å². The number of hydrogen-bond acceptors (Lipinski definition) is 3. The molecule has 1 aliphatic rings. The number of para-hydroxylation sites is 2. The van der Waals surface area contributed by atoms with Gasteiger partial charge in [0.15, 0.2) is 0 Å². The average Bonchev–Trinajstić information content (AvgIpc) is 3.16. The summed E-state index contributed by atoms with van der Waals surface area (Å²) in [5, 5.41) is 5.22. The molecule has 1 saturated heterocycles. The van der Waals surface area contributed by atoms with Crippen LogP contribution in [0.3, 0.4) is 0 Å². The molecule has 2 aromatic carbocycles. The number of H-pyrrole nitrogens is 1. The van der Waals surface area contributed by atoms with Gasteiger partial charge in [0, 0.05) is 28.4 Å². The third-order valence-electron chi connectivity index (χ3n) is 5.31. The summed E-state index contributed by atoms with van der Waals surface area (Å²) >= 11 is 0. The first-order chi connectivity index (χ1) is 13.8. The van der Waals surface area contributed by atoms with Crippen molar-refractivity contribution in [3.8, 4) is 0 Å². The lowest BCUT2D eigenvalue weighted by Crippen LogP contribution is -3.15. The molecule has 3 N–H and O–H groups in total. The molecule has 0 radical (unpaired) electrons. The second kappa shape index (κ2) is 8.71. The number of benzene rings is 2. The maximum atomic E-state index is 12.1. The number of hydrogen-bond donors (Lipinski definition) is 3. The molecule has 6 nitrogen and oxygen atoms in total. The first kappa shape index (κ1) is 18.3. The molecular weight excluding hydrogens is 350 g/mol. The number of fused-ring (bicyclic) bond motifs is 1. The highest BCUT2D eigenvalue weighted by Gasteiger charge is 2.20. The summed E-state index contributed by atoms with van der Waals surface area (Å²) in [6.45, 7) is 5.01. The SMILES string of the molecule is O=C(CC[NH+]1CCN(c2ccccc2)CC1)N/N=C/c1c[nH]c2ccccc12. The number of hydrazone groups is 1. The number of aromatic amines is 1. The van der Waals surface area contributed by atoms with Gasteiger partial charge in [0.25, 0.3) is 0 Å². The van der Waals surface area contributed by atoms with E-state index in [1.807, 2.05) is 36.5 Å². The Morgan fingerprint density at radius 1 is 1.11 bits per heavy atom. The van der Waals surface area contributed by atoms with Crippen LogP contribution in [0.25, 0.3) is 10.9 Å². The fraction of sp³-hybridized carbons (Fsp3) is 0.273. The van der Waals surface area contributed by atoms with Crippen LogP contribution in [0.2, 0.25) is 0 Å². The number of nitrogens with zero attached hydrogens (tertiary/aromatic N) is 2. The van der Waals surface area contributed by atoms with Crippen molar-refractivity contribution < 1.29 is 9.69 Å². The number of aromatic nitrogens is 1. The van der Waals surface area contributed by atoms with Gasteiger partial charge in [0.1, 0.15) is 0 Å². The van der Waals surface area contributed by atoms with Gasteiger partial charge in [-0.2, -0.15) is 5.10 Å². The van der Waals surface area contributed by atoms with E-state index in [0.717, 1.165) is 49.2 Å². The Balaban J connectivity index is 1.20. The lowest BCUT2D eigenvalue weighted by atomic mass is 10.2. The predicted molar refractivity (Wildman–Crippen MR) is 113 cm³/mol. The number of nitrogens with one attached hydrogen (secondary N) is 3. The Kier molecular flexibility index (Phi) is 5.68. The van der Waals surface area contributed by atoms with Crippen molar-refractivity contribution in [2.45, 2.75) is 6.42 Å². The minimum absolute atomic E-state index is 0.0333. The van der Waals surface area contributed by atoms with Crippen molar-refractivity contribution in [2.75, 3.05) is 37.6 Å². The molecule has 0 unspecified atom stereocenters. The maximum absolute atomic E-state index is 12.1. The second-order valence-electron chi connectivity index (χ2n) is 7.16. The molecule has 144 valence electrons. The van der Waals surface area contributed by atoms with Crippen molar-refractivity contribution in [1.82, 2.24) is 10.4 Å². The molecule has 1 aromatic heterocycles. The van der Waals surface area contributed by atoms with Crippen molar-refractivity contribution in [1.29, 1.82) is 0 Å².